The highest BCUT2D eigenvalue weighted by atomic mass is 16.2. The van der Waals surface area contributed by atoms with E-state index in [2.05, 4.69) is 17.2 Å². The minimum absolute atomic E-state index is 0.101. The molecule has 4 nitrogen and oxygen atoms in total. The number of nitrogens with one attached hydrogen (secondary N) is 1. The van der Waals surface area contributed by atoms with Gasteiger partial charge < -0.3 is 11.1 Å². The van der Waals surface area contributed by atoms with Gasteiger partial charge in [0.2, 0.25) is 0 Å². The average Bonchev–Trinajstić information content (AvgIpc) is 2.97. The maximum Gasteiger partial charge on any atom is 0.270 e. The van der Waals surface area contributed by atoms with Crippen molar-refractivity contribution in [3.05, 3.63) is 24.0 Å². The van der Waals surface area contributed by atoms with Crippen molar-refractivity contribution in [1.82, 2.24) is 10.3 Å². The summed E-state index contributed by atoms with van der Waals surface area (Å²) in [4.78, 5) is 15.6. The molecule has 2 atom stereocenters. The van der Waals surface area contributed by atoms with Crippen molar-refractivity contribution in [1.29, 1.82) is 0 Å². The quantitative estimate of drug-likeness (QED) is 0.778. The first-order chi connectivity index (χ1) is 7.20. The number of carbonyl (C=O) groups excluding carboxylic acids is 1. The highest BCUT2D eigenvalue weighted by Crippen LogP contribution is 2.33. The molecular weight excluding hydrogens is 190 g/mol. The summed E-state index contributed by atoms with van der Waals surface area (Å²) in [5.41, 5.74) is 6.50. The molecule has 0 bridgehead atoms. The zero-order valence-electron chi connectivity index (χ0n) is 8.73. The lowest BCUT2D eigenvalue weighted by Crippen LogP contribution is -2.27. The third kappa shape index (κ3) is 2.26. The van der Waals surface area contributed by atoms with Gasteiger partial charge in [0.25, 0.3) is 5.91 Å². The summed E-state index contributed by atoms with van der Waals surface area (Å²) in [7, 11) is 0. The molecule has 1 amide bonds. The van der Waals surface area contributed by atoms with E-state index in [1.165, 1.54) is 6.20 Å². The van der Waals surface area contributed by atoms with Gasteiger partial charge in [0.05, 0.1) is 11.9 Å². The lowest BCUT2D eigenvalue weighted by Gasteiger charge is -2.03. The molecule has 1 saturated carbocycles. The maximum atomic E-state index is 11.7. The predicted molar refractivity (Wildman–Crippen MR) is 58.3 cm³/mol. The molecule has 1 heterocycles. The second kappa shape index (κ2) is 3.88. The van der Waals surface area contributed by atoms with Gasteiger partial charge in [-0.3, -0.25) is 4.79 Å². The van der Waals surface area contributed by atoms with E-state index in [1.54, 1.807) is 12.1 Å². The zero-order chi connectivity index (χ0) is 10.8. The number of pyridine rings is 1. The van der Waals surface area contributed by atoms with Gasteiger partial charge in [0, 0.05) is 6.04 Å². The highest BCUT2D eigenvalue weighted by Gasteiger charge is 2.36. The van der Waals surface area contributed by atoms with Crippen molar-refractivity contribution in [2.24, 2.45) is 5.92 Å². The van der Waals surface area contributed by atoms with E-state index in [-0.39, 0.29) is 5.91 Å². The second-order valence-corrected chi connectivity index (χ2v) is 3.96. The van der Waals surface area contributed by atoms with Crippen molar-refractivity contribution in [3.63, 3.8) is 0 Å². The Balaban J connectivity index is 1.94. The topological polar surface area (TPSA) is 68.0 Å². The predicted octanol–water partition coefficient (Wildman–Crippen LogP) is 1.19. The van der Waals surface area contributed by atoms with E-state index >= 15 is 0 Å². The molecule has 2 unspecified atom stereocenters. The Morgan fingerprint density at radius 1 is 1.67 bits per heavy atom. The standard InChI is InChI=1S/C11H15N3O/c1-2-7-5-10(7)14-11(15)9-4-3-8(12)6-13-9/h3-4,6-7,10H,2,5,12H2,1H3,(H,14,15). The first kappa shape index (κ1) is 9.96. The van der Waals surface area contributed by atoms with Gasteiger partial charge in [-0.1, -0.05) is 13.3 Å². The number of anilines is 1. The smallest absolute Gasteiger partial charge is 0.270 e. The molecule has 2 rings (SSSR count). The van der Waals surface area contributed by atoms with Gasteiger partial charge in [0.1, 0.15) is 5.69 Å². The fourth-order valence-corrected chi connectivity index (χ4v) is 1.66. The van der Waals surface area contributed by atoms with Crippen molar-refractivity contribution >= 4 is 11.6 Å². The van der Waals surface area contributed by atoms with E-state index in [0.29, 0.717) is 23.3 Å². The zero-order valence-corrected chi connectivity index (χ0v) is 8.73. The van der Waals surface area contributed by atoms with Crippen LogP contribution in [0.1, 0.15) is 30.3 Å². The van der Waals surface area contributed by atoms with E-state index in [4.69, 9.17) is 5.73 Å². The SMILES string of the molecule is CCC1CC1NC(=O)c1ccc(N)cn1. The summed E-state index contributed by atoms with van der Waals surface area (Å²) in [6.07, 6.45) is 3.72. The van der Waals surface area contributed by atoms with Gasteiger partial charge in [-0.15, -0.1) is 0 Å². The molecule has 15 heavy (non-hydrogen) atoms. The van der Waals surface area contributed by atoms with Crippen LogP contribution in [0.3, 0.4) is 0 Å². The molecule has 4 heteroatoms. The van der Waals surface area contributed by atoms with Crippen LogP contribution in [-0.2, 0) is 0 Å². The molecule has 3 N–H and O–H groups in total. The van der Waals surface area contributed by atoms with E-state index in [0.717, 1.165) is 12.8 Å². The van der Waals surface area contributed by atoms with Crippen molar-refractivity contribution < 1.29 is 4.79 Å². The van der Waals surface area contributed by atoms with Gasteiger partial charge >= 0.3 is 0 Å². The third-order valence-corrected chi connectivity index (χ3v) is 2.78. The molecule has 0 saturated heterocycles. The molecule has 0 radical (unpaired) electrons. The van der Waals surface area contributed by atoms with E-state index in [1.807, 2.05) is 0 Å². The van der Waals surface area contributed by atoms with Crippen LogP contribution in [-0.4, -0.2) is 16.9 Å². The van der Waals surface area contributed by atoms with Gasteiger partial charge in [-0.25, -0.2) is 4.98 Å². The average molecular weight is 205 g/mol. The number of hydrogen-bond acceptors (Lipinski definition) is 3. The number of carbonyl (C=O) groups is 1. The fraction of sp³-hybridized carbons (Fsp3) is 0.455. The van der Waals surface area contributed by atoms with Crippen LogP contribution in [0, 0.1) is 5.92 Å². The summed E-state index contributed by atoms with van der Waals surface area (Å²) < 4.78 is 0. The number of amides is 1. The Morgan fingerprint density at radius 2 is 2.47 bits per heavy atom. The van der Waals surface area contributed by atoms with Crippen LogP contribution in [0.2, 0.25) is 0 Å². The van der Waals surface area contributed by atoms with Crippen LogP contribution in [0.5, 0.6) is 0 Å². The van der Waals surface area contributed by atoms with Gasteiger partial charge in [-0.2, -0.15) is 0 Å². The molecule has 1 aromatic heterocycles. The summed E-state index contributed by atoms with van der Waals surface area (Å²) in [5, 5.41) is 2.95. The summed E-state index contributed by atoms with van der Waals surface area (Å²) in [6.45, 7) is 2.14. The van der Waals surface area contributed by atoms with E-state index in [9.17, 15) is 4.79 Å². The minimum atomic E-state index is -0.101. The lowest BCUT2D eigenvalue weighted by atomic mass is 10.3. The fourth-order valence-electron chi connectivity index (χ4n) is 1.66. The number of aromatic nitrogens is 1. The Bertz CT molecular complexity index is 361. The van der Waals surface area contributed by atoms with E-state index < -0.39 is 0 Å². The molecule has 0 spiro atoms. The van der Waals surface area contributed by atoms with Gasteiger partial charge in [0.15, 0.2) is 0 Å². The summed E-state index contributed by atoms with van der Waals surface area (Å²) >= 11 is 0. The van der Waals surface area contributed by atoms with Crippen LogP contribution in [0.4, 0.5) is 5.69 Å². The van der Waals surface area contributed by atoms with Crippen molar-refractivity contribution in [3.8, 4) is 0 Å². The Hall–Kier alpha value is -1.58. The summed E-state index contributed by atoms with van der Waals surface area (Å²) in [6, 6.07) is 3.68. The number of hydrogen-bond donors (Lipinski definition) is 2. The maximum absolute atomic E-state index is 11.7. The van der Waals surface area contributed by atoms with Gasteiger partial charge in [-0.05, 0) is 24.5 Å². The third-order valence-electron chi connectivity index (χ3n) is 2.78. The molecule has 0 aliphatic heterocycles. The van der Waals surface area contributed by atoms with Crippen molar-refractivity contribution in [2.45, 2.75) is 25.8 Å². The molecular formula is C11H15N3O. The molecule has 1 aliphatic carbocycles. The largest absolute Gasteiger partial charge is 0.397 e. The molecule has 80 valence electrons. The lowest BCUT2D eigenvalue weighted by molar-refractivity contribution is 0.0944. The minimum Gasteiger partial charge on any atom is -0.397 e. The number of nitrogen functional groups attached to an aromatic ring is 1. The Labute approximate surface area is 88.9 Å². The highest BCUT2D eigenvalue weighted by molar-refractivity contribution is 5.92. The van der Waals surface area contributed by atoms with Crippen LogP contribution < -0.4 is 11.1 Å². The first-order valence-electron chi connectivity index (χ1n) is 5.23. The van der Waals surface area contributed by atoms with Crippen LogP contribution in [0.25, 0.3) is 0 Å². The van der Waals surface area contributed by atoms with Crippen LogP contribution >= 0.6 is 0 Å². The Kier molecular flexibility index (Phi) is 2.58. The Morgan fingerprint density at radius 3 is 3.00 bits per heavy atom. The molecule has 1 fully saturated rings. The number of rotatable bonds is 3. The van der Waals surface area contributed by atoms with Crippen molar-refractivity contribution in [2.75, 3.05) is 5.73 Å². The normalized spacial score (nSPS) is 23.5. The van der Waals surface area contributed by atoms with Crippen LogP contribution in [0.15, 0.2) is 18.3 Å². The molecule has 1 aliphatic rings. The molecule has 1 aromatic rings. The summed E-state index contributed by atoms with van der Waals surface area (Å²) in [5.74, 6) is 0.554. The molecule has 0 aromatic carbocycles. The number of nitrogens with zero attached hydrogens (tertiary/aromatic N) is 1. The number of nitrogens with two attached hydrogens (primary N) is 1. The first-order valence-corrected chi connectivity index (χ1v) is 5.23. The monoisotopic (exact) mass is 205 g/mol. The second-order valence-electron chi connectivity index (χ2n) is 3.96.